The van der Waals surface area contributed by atoms with Crippen LogP contribution >= 0.6 is 0 Å². The van der Waals surface area contributed by atoms with Gasteiger partial charge in [-0.25, -0.2) is 0 Å². The quantitative estimate of drug-likeness (QED) is 0.831. The average molecular weight is 250 g/mol. The molecule has 1 atom stereocenters. The van der Waals surface area contributed by atoms with Crippen molar-refractivity contribution >= 4 is 5.91 Å². The van der Waals surface area contributed by atoms with Crippen molar-refractivity contribution < 1.29 is 4.79 Å². The highest BCUT2D eigenvalue weighted by atomic mass is 16.2. The van der Waals surface area contributed by atoms with E-state index in [4.69, 9.17) is 5.73 Å². The number of hydrogen-bond donors (Lipinski definition) is 1. The first kappa shape index (κ1) is 12.5. The first-order chi connectivity index (χ1) is 8.60. The van der Waals surface area contributed by atoms with Crippen LogP contribution in [0.5, 0.6) is 0 Å². The topological polar surface area (TPSA) is 46.3 Å². The lowest BCUT2D eigenvalue weighted by Gasteiger charge is -2.56. The fourth-order valence-electron chi connectivity index (χ4n) is 5.12. The number of rotatable bonds is 3. The van der Waals surface area contributed by atoms with Gasteiger partial charge in [0.15, 0.2) is 0 Å². The summed E-state index contributed by atoms with van der Waals surface area (Å²) in [7, 11) is 2.02. The Hall–Kier alpha value is -0.570. The minimum atomic E-state index is -0.0211. The van der Waals surface area contributed by atoms with E-state index in [0.717, 1.165) is 23.7 Å². The second kappa shape index (κ2) is 4.52. The number of hydrogen-bond acceptors (Lipinski definition) is 2. The van der Waals surface area contributed by atoms with E-state index in [-0.39, 0.29) is 11.8 Å². The first-order valence-corrected chi connectivity index (χ1v) is 7.56. The molecule has 4 fully saturated rings. The van der Waals surface area contributed by atoms with Crippen molar-refractivity contribution in [3.05, 3.63) is 0 Å². The van der Waals surface area contributed by atoms with Crippen molar-refractivity contribution in [2.45, 2.75) is 45.1 Å². The predicted molar refractivity (Wildman–Crippen MR) is 71.8 cm³/mol. The van der Waals surface area contributed by atoms with E-state index in [1.165, 1.54) is 32.1 Å². The summed E-state index contributed by atoms with van der Waals surface area (Å²) >= 11 is 0. The van der Waals surface area contributed by atoms with E-state index in [9.17, 15) is 4.79 Å². The Morgan fingerprint density at radius 3 is 2.11 bits per heavy atom. The van der Waals surface area contributed by atoms with Crippen LogP contribution in [0.25, 0.3) is 0 Å². The molecule has 0 aromatic rings. The van der Waals surface area contributed by atoms with Gasteiger partial charge in [-0.3, -0.25) is 4.79 Å². The molecule has 3 heteroatoms. The molecule has 0 radical (unpaired) electrons. The maximum absolute atomic E-state index is 12.3. The molecule has 0 aromatic carbocycles. The lowest BCUT2D eigenvalue weighted by atomic mass is 9.54. The molecule has 0 aromatic heterocycles. The van der Waals surface area contributed by atoms with Gasteiger partial charge in [0.2, 0.25) is 5.91 Å². The van der Waals surface area contributed by atoms with Crippen molar-refractivity contribution in [1.82, 2.24) is 4.90 Å². The molecule has 0 heterocycles. The number of amides is 1. The Labute approximate surface area is 110 Å². The van der Waals surface area contributed by atoms with Crippen LogP contribution in [0.1, 0.15) is 39.0 Å². The smallest absolute Gasteiger partial charge is 0.226 e. The van der Waals surface area contributed by atoms with Gasteiger partial charge in [0.25, 0.3) is 0 Å². The van der Waals surface area contributed by atoms with Crippen LogP contribution in [0, 0.1) is 29.6 Å². The molecule has 0 saturated heterocycles. The number of carbonyl (C=O) groups is 1. The highest BCUT2D eigenvalue weighted by Gasteiger charge is 2.50. The molecule has 4 rings (SSSR count). The van der Waals surface area contributed by atoms with Crippen LogP contribution in [0.4, 0.5) is 0 Å². The molecule has 102 valence electrons. The molecule has 18 heavy (non-hydrogen) atoms. The molecule has 2 N–H and O–H groups in total. The fraction of sp³-hybridized carbons (Fsp3) is 0.933. The second-order valence-corrected chi connectivity index (χ2v) is 7.01. The Morgan fingerprint density at radius 1 is 1.17 bits per heavy atom. The minimum absolute atomic E-state index is 0.0211. The highest BCUT2D eigenvalue weighted by Crippen LogP contribution is 2.55. The molecule has 1 amide bonds. The van der Waals surface area contributed by atoms with E-state index >= 15 is 0 Å². The monoisotopic (exact) mass is 250 g/mol. The zero-order valence-electron chi connectivity index (χ0n) is 11.6. The van der Waals surface area contributed by atoms with Crippen LogP contribution in [-0.4, -0.2) is 30.4 Å². The standard InChI is InChI=1S/C15H26N2O/c1-9(8-16)15(18)17(2)14-12-4-10-3-11(6-12)7-13(14)5-10/h9-14H,3-8,16H2,1-2H3. The Balaban J connectivity index is 1.74. The zero-order chi connectivity index (χ0) is 12.9. The fourth-order valence-corrected chi connectivity index (χ4v) is 5.12. The third kappa shape index (κ3) is 1.87. The molecular weight excluding hydrogens is 224 g/mol. The van der Waals surface area contributed by atoms with Gasteiger partial charge in [-0.1, -0.05) is 6.92 Å². The maximum atomic E-state index is 12.3. The summed E-state index contributed by atoms with van der Waals surface area (Å²) in [6.07, 6.45) is 6.94. The summed E-state index contributed by atoms with van der Waals surface area (Å²) in [5.74, 6) is 3.74. The number of carbonyl (C=O) groups excluding carboxylic acids is 1. The summed E-state index contributed by atoms with van der Waals surface area (Å²) in [5.41, 5.74) is 5.64. The molecule has 4 saturated carbocycles. The summed E-state index contributed by atoms with van der Waals surface area (Å²) in [6.45, 7) is 2.42. The van der Waals surface area contributed by atoms with E-state index in [1.807, 2.05) is 14.0 Å². The van der Waals surface area contributed by atoms with Gasteiger partial charge in [0.1, 0.15) is 0 Å². The van der Waals surface area contributed by atoms with Crippen molar-refractivity contribution in [1.29, 1.82) is 0 Å². The van der Waals surface area contributed by atoms with Crippen molar-refractivity contribution in [3.8, 4) is 0 Å². The van der Waals surface area contributed by atoms with Crippen LogP contribution < -0.4 is 5.73 Å². The Morgan fingerprint density at radius 2 is 1.67 bits per heavy atom. The maximum Gasteiger partial charge on any atom is 0.226 e. The lowest BCUT2D eigenvalue weighted by molar-refractivity contribution is -0.144. The highest BCUT2D eigenvalue weighted by molar-refractivity contribution is 5.78. The third-order valence-corrected chi connectivity index (χ3v) is 5.75. The van der Waals surface area contributed by atoms with Gasteiger partial charge in [-0.15, -0.1) is 0 Å². The molecule has 4 aliphatic carbocycles. The number of nitrogens with two attached hydrogens (primary N) is 1. The summed E-state index contributed by atoms with van der Waals surface area (Å²) in [4.78, 5) is 14.4. The van der Waals surface area contributed by atoms with Crippen LogP contribution in [0.3, 0.4) is 0 Å². The van der Waals surface area contributed by atoms with Crippen LogP contribution in [0.2, 0.25) is 0 Å². The van der Waals surface area contributed by atoms with Crippen molar-refractivity contribution in [3.63, 3.8) is 0 Å². The van der Waals surface area contributed by atoms with Gasteiger partial charge in [-0.2, -0.15) is 0 Å². The predicted octanol–water partition coefficient (Wildman–Crippen LogP) is 1.86. The lowest BCUT2D eigenvalue weighted by Crippen LogP contribution is -2.57. The summed E-state index contributed by atoms with van der Waals surface area (Å²) in [5, 5.41) is 0. The zero-order valence-corrected chi connectivity index (χ0v) is 11.6. The van der Waals surface area contributed by atoms with Crippen molar-refractivity contribution in [2.75, 3.05) is 13.6 Å². The van der Waals surface area contributed by atoms with Crippen molar-refractivity contribution in [2.24, 2.45) is 35.3 Å². The molecule has 3 nitrogen and oxygen atoms in total. The van der Waals surface area contributed by atoms with Gasteiger partial charge < -0.3 is 10.6 Å². The largest absolute Gasteiger partial charge is 0.342 e. The summed E-state index contributed by atoms with van der Waals surface area (Å²) < 4.78 is 0. The Kier molecular flexibility index (Phi) is 3.13. The molecule has 4 bridgehead atoms. The van der Waals surface area contributed by atoms with Crippen LogP contribution in [0.15, 0.2) is 0 Å². The Bertz CT molecular complexity index is 313. The number of nitrogens with zero attached hydrogens (tertiary/aromatic N) is 1. The molecule has 1 unspecified atom stereocenters. The van der Waals surface area contributed by atoms with Gasteiger partial charge >= 0.3 is 0 Å². The van der Waals surface area contributed by atoms with Gasteiger partial charge in [0.05, 0.1) is 0 Å². The van der Waals surface area contributed by atoms with E-state index in [0.29, 0.717) is 12.6 Å². The molecule has 4 aliphatic rings. The first-order valence-electron chi connectivity index (χ1n) is 7.56. The van der Waals surface area contributed by atoms with Crippen LogP contribution in [-0.2, 0) is 4.79 Å². The normalized spacial score (nSPS) is 42.9. The van der Waals surface area contributed by atoms with Gasteiger partial charge in [0, 0.05) is 25.6 Å². The summed E-state index contributed by atoms with van der Waals surface area (Å²) in [6, 6.07) is 0.513. The van der Waals surface area contributed by atoms with E-state index in [2.05, 4.69) is 4.90 Å². The molecule has 0 spiro atoms. The third-order valence-electron chi connectivity index (χ3n) is 5.75. The van der Waals surface area contributed by atoms with Gasteiger partial charge in [-0.05, 0) is 55.8 Å². The van der Waals surface area contributed by atoms with E-state index in [1.54, 1.807) is 0 Å². The minimum Gasteiger partial charge on any atom is -0.342 e. The average Bonchev–Trinajstić information content (AvgIpc) is 2.35. The van der Waals surface area contributed by atoms with E-state index < -0.39 is 0 Å². The SMILES string of the molecule is CC(CN)C(=O)N(C)C1C2CC3CC(C2)CC1C3. The molecular formula is C15H26N2O. The molecule has 0 aliphatic heterocycles. The second-order valence-electron chi connectivity index (χ2n) is 7.01.